The van der Waals surface area contributed by atoms with Crippen LogP contribution < -0.4 is 0 Å². The predicted molar refractivity (Wildman–Crippen MR) is 96.8 cm³/mol. The fraction of sp³-hybridized carbons (Fsp3) is 0.222. The van der Waals surface area contributed by atoms with E-state index in [4.69, 9.17) is 11.6 Å². The van der Waals surface area contributed by atoms with Crippen molar-refractivity contribution in [1.82, 2.24) is 14.8 Å². The lowest BCUT2D eigenvalue weighted by Crippen LogP contribution is -2.00. The van der Waals surface area contributed by atoms with Gasteiger partial charge in [0, 0.05) is 28.4 Å². The van der Waals surface area contributed by atoms with Gasteiger partial charge in [-0.25, -0.2) is 4.39 Å². The van der Waals surface area contributed by atoms with Crippen LogP contribution >= 0.6 is 23.4 Å². The number of hydrogen-bond donors (Lipinski definition) is 0. The van der Waals surface area contributed by atoms with Gasteiger partial charge in [-0.15, -0.1) is 10.2 Å². The van der Waals surface area contributed by atoms with Gasteiger partial charge < -0.3 is 4.57 Å². The largest absolute Gasteiger partial charge is 0.302 e. The molecule has 6 heteroatoms. The molecule has 0 N–H and O–H groups in total. The highest BCUT2D eigenvalue weighted by molar-refractivity contribution is 7.98. The first-order valence-electron chi connectivity index (χ1n) is 7.66. The Balaban J connectivity index is 1.86. The lowest BCUT2D eigenvalue weighted by atomic mass is 10.1. The Hall–Kier alpha value is -1.85. The van der Waals surface area contributed by atoms with Gasteiger partial charge in [0.15, 0.2) is 11.0 Å². The van der Waals surface area contributed by atoms with Crippen LogP contribution in [0.25, 0.3) is 11.4 Å². The van der Waals surface area contributed by atoms with Crippen molar-refractivity contribution in [2.75, 3.05) is 0 Å². The topological polar surface area (TPSA) is 30.7 Å². The molecule has 1 heterocycles. The first kappa shape index (κ1) is 17.0. The molecule has 0 unspecified atom stereocenters. The Labute approximate surface area is 149 Å². The van der Waals surface area contributed by atoms with Crippen molar-refractivity contribution in [3.8, 4) is 11.4 Å². The van der Waals surface area contributed by atoms with E-state index in [9.17, 15) is 4.39 Å². The second kappa shape index (κ2) is 7.36. The van der Waals surface area contributed by atoms with Gasteiger partial charge in [0.2, 0.25) is 0 Å². The van der Waals surface area contributed by atoms with E-state index in [2.05, 4.69) is 22.3 Å². The van der Waals surface area contributed by atoms with E-state index < -0.39 is 0 Å². The molecule has 1 aromatic heterocycles. The minimum atomic E-state index is -0.295. The lowest BCUT2D eigenvalue weighted by Gasteiger charge is -2.08. The van der Waals surface area contributed by atoms with Crippen molar-refractivity contribution in [2.24, 2.45) is 0 Å². The number of hydrogen-bond acceptors (Lipinski definition) is 3. The molecular formula is C18H17ClFN3S. The van der Waals surface area contributed by atoms with Crippen LogP contribution in [-0.4, -0.2) is 14.8 Å². The summed E-state index contributed by atoms with van der Waals surface area (Å²) in [6.07, 6.45) is 0. The first-order valence-corrected chi connectivity index (χ1v) is 9.02. The van der Waals surface area contributed by atoms with Crippen LogP contribution in [0.15, 0.2) is 47.6 Å². The Morgan fingerprint density at radius 3 is 2.54 bits per heavy atom. The van der Waals surface area contributed by atoms with Crippen molar-refractivity contribution >= 4 is 23.4 Å². The number of rotatable bonds is 5. The average Bonchev–Trinajstić information content (AvgIpc) is 2.98. The smallest absolute Gasteiger partial charge is 0.191 e. The number of nitrogens with zero attached hydrogens (tertiary/aromatic N) is 3. The minimum absolute atomic E-state index is 0.295. The lowest BCUT2D eigenvalue weighted by molar-refractivity contribution is 0.617. The maximum Gasteiger partial charge on any atom is 0.191 e. The van der Waals surface area contributed by atoms with Crippen molar-refractivity contribution in [1.29, 1.82) is 0 Å². The van der Waals surface area contributed by atoms with Crippen molar-refractivity contribution in [3.05, 3.63) is 64.4 Å². The average molecular weight is 362 g/mol. The summed E-state index contributed by atoms with van der Waals surface area (Å²) >= 11 is 7.53. The van der Waals surface area contributed by atoms with Crippen LogP contribution in [0.2, 0.25) is 5.02 Å². The molecule has 2 aromatic carbocycles. The molecule has 0 aliphatic heterocycles. The highest BCUT2D eigenvalue weighted by atomic mass is 35.5. The van der Waals surface area contributed by atoms with E-state index in [0.29, 0.717) is 16.3 Å². The van der Waals surface area contributed by atoms with Gasteiger partial charge in [-0.1, -0.05) is 59.3 Å². The zero-order chi connectivity index (χ0) is 17.1. The van der Waals surface area contributed by atoms with Gasteiger partial charge in [0.1, 0.15) is 5.82 Å². The molecule has 0 aliphatic carbocycles. The Kier molecular flexibility index (Phi) is 5.21. The third kappa shape index (κ3) is 3.47. The summed E-state index contributed by atoms with van der Waals surface area (Å²) in [5.41, 5.74) is 2.71. The maximum absolute atomic E-state index is 13.9. The molecule has 0 saturated carbocycles. The first-order chi connectivity index (χ1) is 11.6. The molecule has 0 amide bonds. The molecular weight excluding hydrogens is 345 g/mol. The molecule has 0 atom stereocenters. The van der Waals surface area contributed by atoms with Gasteiger partial charge in [-0.2, -0.15) is 0 Å². The molecule has 0 spiro atoms. The molecule has 124 valence electrons. The zero-order valence-electron chi connectivity index (χ0n) is 13.5. The van der Waals surface area contributed by atoms with Gasteiger partial charge >= 0.3 is 0 Å². The van der Waals surface area contributed by atoms with Gasteiger partial charge in [-0.3, -0.25) is 0 Å². The van der Waals surface area contributed by atoms with E-state index in [1.807, 2.05) is 30.5 Å². The van der Waals surface area contributed by atoms with E-state index in [1.165, 1.54) is 23.4 Å². The molecule has 0 saturated heterocycles. The molecule has 0 aliphatic rings. The Morgan fingerprint density at radius 1 is 1.12 bits per heavy atom. The van der Waals surface area contributed by atoms with Crippen LogP contribution in [-0.2, 0) is 12.3 Å². The normalized spacial score (nSPS) is 11.0. The summed E-state index contributed by atoms with van der Waals surface area (Å²) in [4.78, 5) is 0. The number of aryl methyl sites for hydroxylation is 1. The van der Waals surface area contributed by atoms with Crippen molar-refractivity contribution in [2.45, 2.75) is 31.3 Å². The summed E-state index contributed by atoms with van der Waals surface area (Å²) < 4.78 is 15.9. The Bertz CT molecular complexity index is 826. The summed E-state index contributed by atoms with van der Waals surface area (Å²) in [6.45, 7) is 4.83. The maximum atomic E-state index is 13.9. The van der Waals surface area contributed by atoms with Crippen LogP contribution in [0.4, 0.5) is 4.39 Å². The molecule has 0 radical (unpaired) electrons. The third-order valence-corrected chi connectivity index (χ3v) is 5.10. The van der Waals surface area contributed by atoms with Crippen LogP contribution in [0, 0.1) is 12.7 Å². The molecule has 3 aromatic rings. The minimum Gasteiger partial charge on any atom is -0.302 e. The molecule has 0 fully saturated rings. The highest BCUT2D eigenvalue weighted by Gasteiger charge is 2.15. The monoisotopic (exact) mass is 361 g/mol. The van der Waals surface area contributed by atoms with E-state index in [-0.39, 0.29) is 5.82 Å². The van der Waals surface area contributed by atoms with Crippen LogP contribution in [0.1, 0.15) is 18.1 Å². The fourth-order valence-electron chi connectivity index (χ4n) is 2.40. The van der Waals surface area contributed by atoms with Crippen molar-refractivity contribution in [3.63, 3.8) is 0 Å². The SMILES string of the molecule is CCn1c(SCc2c(F)cccc2Cl)nnc1-c1ccc(C)cc1. The molecule has 3 rings (SSSR count). The standard InChI is InChI=1S/C18H17ClFN3S/c1-3-23-17(13-9-7-12(2)8-10-13)21-22-18(23)24-11-14-15(19)5-4-6-16(14)20/h4-10H,3,11H2,1-2H3. The Morgan fingerprint density at radius 2 is 1.88 bits per heavy atom. The highest BCUT2D eigenvalue weighted by Crippen LogP contribution is 2.30. The van der Waals surface area contributed by atoms with E-state index in [1.54, 1.807) is 12.1 Å². The summed E-state index contributed by atoms with van der Waals surface area (Å²) in [7, 11) is 0. The second-order valence-corrected chi connectivity index (χ2v) is 6.76. The zero-order valence-corrected chi connectivity index (χ0v) is 15.0. The summed E-state index contributed by atoms with van der Waals surface area (Å²) in [5.74, 6) is 0.938. The molecule has 24 heavy (non-hydrogen) atoms. The number of aromatic nitrogens is 3. The van der Waals surface area contributed by atoms with Crippen molar-refractivity contribution < 1.29 is 4.39 Å². The predicted octanol–water partition coefficient (Wildman–Crippen LogP) is 5.36. The van der Waals surface area contributed by atoms with Crippen LogP contribution in [0.3, 0.4) is 0 Å². The molecule has 0 bridgehead atoms. The van der Waals surface area contributed by atoms with E-state index >= 15 is 0 Å². The fourth-order valence-corrected chi connectivity index (χ4v) is 3.75. The summed E-state index contributed by atoms with van der Waals surface area (Å²) in [6, 6.07) is 12.9. The number of thioether (sulfide) groups is 1. The van der Waals surface area contributed by atoms with Gasteiger partial charge in [-0.05, 0) is 26.0 Å². The van der Waals surface area contributed by atoms with Gasteiger partial charge in [0.05, 0.1) is 0 Å². The number of halogens is 2. The third-order valence-electron chi connectivity index (χ3n) is 3.75. The quantitative estimate of drug-likeness (QED) is 0.573. The number of benzene rings is 2. The second-order valence-electron chi connectivity index (χ2n) is 5.41. The summed E-state index contributed by atoms with van der Waals surface area (Å²) in [5, 5.41) is 9.77. The molecule has 3 nitrogen and oxygen atoms in total. The van der Waals surface area contributed by atoms with Gasteiger partial charge in [0.25, 0.3) is 0 Å². The van der Waals surface area contributed by atoms with Crippen LogP contribution in [0.5, 0.6) is 0 Å². The van der Waals surface area contributed by atoms with E-state index in [0.717, 1.165) is 23.1 Å².